The minimum absolute atomic E-state index is 0. The summed E-state index contributed by atoms with van der Waals surface area (Å²) in [5.41, 5.74) is 4.29. The second-order valence-corrected chi connectivity index (χ2v) is 13.3. The molecule has 1 aliphatic rings. The van der Waals surface area contributed by atoms with Gasteiger partial charge in [0.05, 0.1) is 5.76 Å². The van der Waals surface area contributed by atoms with Gasteiger partial charge in [0.1, 0.15) is 0 Å². The van der Waals surface area contributed by atoms with Crippen molar-refractivity contribution >= 4 is 60.6 Å². The molecule has 0 spiro atoms. The molecular weight excluding hydrogens is 777 g/mol. The molecule has 4 nitrogen and oxygen atoms in total. The Balaban J connectivity index is 0.000000234. The largest absolute Gasteiger partial charge is 0.512 e. The Hall–Kier alpha value is -3.57. The van der Waals surface area contributed by atoms with Crippen molar-refractivity contribution in [2.45, 2.75) is 77.0 Å². The number of aliphatic hydroxyl groups excluding tert-OH is 1. The quantitative estimate of drug-likeness (QED) is 0.0751. The van der Waals surface area contributed by atoms with E-state index in [1.807, 2.05) is 45.7 Å². The summed E-state index contributed by atoms with van der Waals surface area (Å²) in [4.78, 5) is 23.7. The van der Waals surface area contributed by atoms with Crippen LogP contribution in [-0.4, -0.2) is 20.9 Å². The minimum atomic E-state index is 0. The predicted molar refractivity (Wildman–Crippen MR) is 194 cm³/mol. The van der Waals surface area contributed by atoms with E-state index in [4.69, 9.17) is 4.98 Å². The van der Waals surface area contributed by atoms with Crippen molar-refractivity contribution in [2.24, 2.45) is 11.8 Å². The normalized spacial score (nSPS) is 12.4. The van der Waals surface area contributed by atoms with Crippen molar-refractivity contribution < 1.29 is 30.0 Å². The van der Waals surface area contributed by atoms with Gasteiger partial charge in [0.2, 0.25) is 0 Å². The van der Waals surface area contributed by atoms with E-state index in [9.17, 15) is 9.90 Å². The second-order valence-electron chi connectivity index (χ2n) is 12.3. The molecule has 6 aromatic rings. The molecule has 0 amide bonds. The average Bonchev–Trinajstić information content (AvgIpc) is 3.05. The van der Waals surface area contributed by atoms with Crippen molar-refractivity contribution in [3.63, 3.8) is 0 Å². The molecule has 0 saturated heterocycles. The molecule has 0 unspecified atom stereocenters. The Morgan fingerprint density at radius 1 is 0.830 bits per heavy atom. The zero-order valence-corrected chi connectivity index (χ0v) is 31.1. The van der Waals surface area contributed by atoms with Crippen molar-refractivity contribution in [1.29, 1.82) is 0 Å². The molecule has 0 bridgehead atoms. The number of carbonyl (C=O) groups is 1. The summed E-state index contributed by atoms with van der Waals surface area (Å²) in [6.45, 7) is 12.2. The van der Waals surface area contributed by atoms with Crippen LogP contribution in [0.25, 0.3) is 54.3 Å². The van der Waals surface area contributed by atoms with Gasteiger partial charge < -0.3 is 5.11 Å². The summed E-state index contributed by atoms with van der Waals surface area (Å²) < 4.78 is 0. The number of aliphatic hydroxyl groups is 1. The summed E-state index contributed by atoms with van der Waals surface area (Å²) in [5.74, 6) is 0.547. The van der Waals surface area contributed by atoms with Gasteiger partial charge in [-0.2, -0.15) is 0 Å². The van der Waals surface area contributed by atoms with E-state index in [-0.39, 0.29) is 43.5 Å². The van der Waals surface area contributed by atoms with Gasteiger partial charge in [0.25, 0.3) is 0 Å². The zero-order chi connectivity index (χ0) is 32.5. The molecule has 1 N–H and O–H groups in total. The summed E-state index contributed by atoms with van der Waals surface area (Å²) in [6, 6.07) is 25.5. The summed E-state index contributed by atoms with van der Waals surface area (Å²) in [6.07, 6.45) is 6.85. The minimum Gasteiger partial charge on any atom is -0.512 e. The molecule has 243 valence electrons. The summed E-state index contributed by atoms with van der Waals surface area (Å²) >= 11 is 1.83. The van der Waals surface area contributed by atoms with E-state index in [0.29, 0.717) is 0 Å². The van der Waals surface area contributed by atoms with Gasteiger partial charge in [-0.3, -0.25) is 14.8 Å². The SMILES string of the molecule is CCC(CC)C(=O)/C=C(\O)C(CC)CC.Cc1cc2c(ccc3c4ccnc5c4c(cc23)Sc2cc3ccccc3[c-]c2-5)c(C)n1.[Ir]. The first-order valence-electron chi connectivity index (χ1n) is 16.5. The van der Waals surface area contributed by atoms with Crippen LogP contribution in [0.1, 0.15) is 64.8 Å². The van der Waals surface area contributed by atoms with E-state index in [2.05, 4.69) is 85.6 Å². The molecule has 0 saturated carbocycles. The third-order valence-electron chi connectivity index (χ3n) is 9.43. The van der Waals surface area contributed by atoms with Gasteiger partial charge in [-0.25, -0.2) is 0 Å². The smallest absolute Gasteiger partial charge is 0.162 e. The number of ketones is 1. The zero-order valence-electron chi connectivity index (χ0n) is 27.9. The molecule has 3 heterocycles. The van der Waals surface area contributed by atoms with Crippen LogP contribution in [0.5, 0.6) is 0 Å². The Bertz CT molecular complexity index is 2150. The maximum absolute atomic E-state index is 11.7. The third kappa shape index (κ3) is 6.61. The molecule has 7 rings (SSSR count). The molecule has 0 fully saturated rings. The van der Waals surface area contributed by atoms with Crippen LogP contribution in [0.2, 0.25) is 0 Å². The van der Waals surface area contributed by atoms with Gasteiger partial charge in [0, 0.05) is 71.6 Å². The van der Waals surface area contributed by atoms with E-state index in [1.165, 1.54) is 53.6 Å². The van der Waals surface area contributed by atoms with E-state index >= 15 is 0 Å². The molecule has 0 aliphatic carbocycles. The number of fused-ring (bicyclic) bond motifs is 7. The number of rotatable bonds is 7. The van der Waals surface area contributed by atoms with Crippen LogP contribution in [0.3, 0.4) is 0 Å². The summed E-state index contributed by atoms with van der Waals surface area (Å²) in [7, 11) is 0. The molecule has 4 aromatic carbocycles. The van der Waals surface area contributed by atoms with E-state index in [0.717, 1.165) is 53.7 Å². The van der Waals surface area contributed by atoms with Crippen LogP contribution in [0.4, 0.5) is 0 Å². The number of nitrogens with zero attached hydrogens (tertiary/aromatic N) is 2. The van der Waals surface area contributed by atoms with Gasteiger partial charge in [-0.1, -0.05) is 69.0 Å². The average molecular weight is 818 g/mol. The molecule has 47 heavy (non-hydrogen) atoms. The first-order chi connectivity index (χ1) is 22.3. The number of benzene rings is 4. The molecule has 1 radical (unpaired) electrons. The Morgan fingerprint density at radius 2 is 1.51 bits per heavy atom. The maximum Gasteiger partial charge on any atom is 0.162 e. The van der Waals surface area contributed by atoms with E-state index < -0.39 is 0 Å². The molecule has 0 atom stereocenters. The Morgan fingerprint density at radius 3 is 2.23 bits per heavy atom. The second kappa shape index (κ2) is 14.7. The Kier molecular flexibility index (Phi) is 10.9. The van der Waals surface area contributed by atoms with Gasteiger partial charge >= 0.3 is 0 Å². The van der Waals surface area contributed by atoms with E-state index in [1.54, 1.807) is 0 Å². The number of hydrogen-bond acceptors (Lipinski definition) is 5. The summed E-state index contributed by atoms with van der Waals surface area (Å²) in [5, 5.41) is 19.6. The molecule has 1 aliphatic heterocycles. The number of carbonyl (C=O) groups excluding carboxylic acids is 1. The van der Waals surface area contributed by atoms with Crippen LogP contribution in [0, 0.1) is 31.7 Å². The standard InChI is InChI=1S/C28H17N2S.C13H24O2.Ir/c1-15-11-22-19(16(2)30-15)7-8-20-21-9-10-29-28-24-12-17-5-3-4-6-18(17)13-25(24)31-26(27(21)28)14-23(20)22;1-5-10(6-2)12(14)9-13(15)11(7-3)8-4;/h3-11,13-14H,1-2H3;9-11,14H,5-8H2,1-4H3;/q-1;;/b;12-9-;. The predicted octanol–water partition coefficient (Wildman–Crippen LogP) is 11.5. The first-order valence-corrected chi connectivity index (χ1v) is 17.3. The fourth-order valence-electron chi connectivity index (χ4n) is 6.77. The van der Waals surface area contributed by atoms with Gasteiger partial charge in [-0.05, 0) is 89.6 Å². The van der Waals surface area contributed by atoms with Crippen LogP contribution in [-0.2, 0) is 24.9 Å². The molecule has 2 aromatic heterocycles. The molecular formula is C41H41IrN2O2S-. The van der Waals surface area contributed by atoms with Crippen molar-refractivity contribution in [2.75, 3.05) is 0 Å². The fraction of sp³-hybridized carbons (Fsp3) is 0.293. The maximum atomic E-state index is 11.7. The topological polar surface area (TPSA) is 63.1 Å². The first kappa shape index (κ1) is 34.8. The van der Waals surface area contributed by atoms with Crippen LogP contribution < -0.4 is 0 Å². The molecule has 6 heteroatoms. The monoisotopic (exact) mass is 818 g/mol. The van der Waals surface area contributed by atoms with Crippen LogP contribution in [0.15, 0.2) is 88.5 Å². The Labute approximate surface area is 295 Å². The van der Waals surface area contributed by atoms with Crippen molar-refractivity contribution in [3.8, 4) is 11.3 Å². The van der Waals surface area contributed by atoms with Crippen LogP contribution >= 0.6 is 11.8 Å². The van der Waals surface area contributed by atoms with Crippen molar-refractivity contribution in [3.05, 3.63) is 96.1 Å². The van der Waals surface area contributed by atoms with Gasteiger partial charge in [-0.15, -0.1) is 35.3 Å². The van der Waals surface area contributed by atoms with Crippen molar-refractivity contribution in [1.82, 2.24) is 9.97 Å². The van der Waals surface area contributed by atoms with Gasteiger partial charge in [0.15, 0.2) is 5.78 Å². The number of aryl methyl sites for hydroxylation is 2. The number of hydrogen-bond donors (Lipinski definition) is 1. The number of aromatic nitrogens is 2. The number of allylic oxidation sites excluding steroid dienone is 2. The third-order valence-corrected chi connectivity index (χ3v) is 10.5. The fourth-order valence-corrected chi connectivity index (χ4v) is 7.93. The number of pyridine rings is 2.